The number of hydrogen-bond donors (Lipinski definition) is 2. The molecule has 0 saturated carbocycles. The monoisotopic (exact) mass is 388 g/mol. The van der Waals surface area contributed by atoms with Crippen molar-refractivity contribution in [3.8, 4) is 0 Å². The van der Waals surface area contributed by atoms with Crippen molar-refractivity contribution in [3.05, 3.63) is 69.8 Å². The summed E-state index contributed by atoms with van der Waals surface area (Å²) in [5.74, 6) is 1.21. The van der Waals surface area contributed by atoms with Gasteiger partial charge < -0.3 is 10.6 Å². The molecule has 0 amide bonds. The van der Waals surface area contributed by atoms with Gasteiger partial charge in [-0.05, 0) is 48.9 Å². The molecule has 0 aliphatic heterocycles. The first-order valence-electron chi connectivity index (χ1n) is 6.99. The molecule has 0 bridgehead atoms. The van der Waals surface area contributed by atoms with Gasteiger partial charge in [-0.1, -0.05) is 39.7 Å². The highest BCUT2D eigenvalue weighted by molar-refractivity contribution is 9.10. The van der Waals surface area contributed by atoms with E-state index < -0.39 is 0 Å². The summed E-state index contributed by atoms with van der Waals surface area (Å²) in [6.07, 6.45) is 1.70. The van der Waals surface area contributed by atoms with Crippen molar-refractivity contribution in [2.45, 2.75) is 6.92 Å². The zero-order valence-electron chi connectivity index (χ0n) is 12.3. The molecule has 1 aromatic heterocycles. The van der Waals surface area contributed by atoms with Gasteiger partial charge >= 0.3 is 0 Å². The molecule has 0 saturated heterocycles. The van der Waals surface area contributed by atoms with E-state index in [1.807, 2.05) is 49.4 Å². The lowest BCUT2D eigenvalue weighted by atomic mass is 10.2. The highest BCUT2D eigenvalue weighted by Crippen LogP contribution is 2.23. The van der Waals surface area contributed by atoms with Crippen LogP contribution in [0.15, 0.2) is 59.2 Å². The quantitative estimate of drug-likeness (QED) is 0.602. The highest BCUT2D eigenvalue weighted by atomic mass is 79.9. The molecule has 116 valence electrons. The van der Waals surface area contributed by atoms with Gasteiger partial charge in [0.2, 0.25) is 5.95 Å². The van der Waals surface area contributed by atoms with Gasteiger partial charge in [0.05, 0.1) is 0 Å². The summed E-state index contributed by atoms with van der Waals surface area (Å²) >= 11 is 9.59. The maximum absolute atomic E-state index is 6.14. The van der Waals surface area contributed by atoms with Crippen LogP contribution in [-0.2, 0) is 0 Å². The van der Waals surface area contributed by atoms with Crippen LogP contribution in [0.5, 0.6) is 0 Å². The first-order valence-corrected chi connectivity index (χ1v) is 8.16. The van der Waals surface area contributed by atoms with Crippen LogP contribution < -0.4 is 10.6 Å². The van der Waals surface area contributed by atoms with Crippen LogP contribution in [0.25, 0.3) is 0 Å². The van der Waals surface area contributed by atoms with Crippen LogP contribution in [0.1, 0.15) is 5.56 Å². The Kier molecular flexibility index (Phi) is 4.79. The van der Waals surface area contributed by atoms with Crippen LogP contribution in [0.2, 0.25) is 5.02 Å². The molecule has 0 aliphatic rings. The predicted octanol–water partition coefficient (Wildman–Crippen LogP) is 5.69. The first kappa shape index (κ1) is 15.8. The second-order valence-electron chi connectivity index (χ2n) is 4.99. The summed E-state index contributed by atoms with van der Waals surface area (Å²) in [6, 6.07) is 15.4. The molecule has 3 rings (SSSR count). The zero-order valence-corrected chi connectivity index (χ0v) is 14.7. The van der Waals surface area contributed by atoms with E-state index >= 15 is 0 Å². The topological polar surface area (TPSA) is 49.8 Å². The lowest BCUT2D eigenvalue weighted by Gasteiger charge is -2.09. The van der Waals surface area contributed by atoms with E-state index in [0.29, 0.717) is 11.8 Å². The first-order chi connectivity index (χ1) is 11.1. The van der Waals surface area contributed by atoms with Crippen LogP contribution >= 0.6 is 27.5 Å². The maximum atomic E-state index is 6.14. The largest absolute Gasteiger partial charge is 0.340 e. The minimum atomic E-state index is 0.520. The van der Waals surface area contributed by atoms with Crippen molar-refractivity contribution in [1.29, 1.82) is 0 Å². The number of nitrogens with zero attached hydrogens (tertiary/aromatic N) is 2. The van der Waals surface area contributed by atoms with Crippen LogP contribution in [0.4, 0.5) is 23.1 Å². The zero-order chi connectivity index (χ0) is 16.2. The molecule has 0 radical (unpaired) electrons. The molecular formula is C17H14BrClN4. The van der Waals surface area contributed by atoms with Crippen molar-refractivity contribution in [2.75, 3.05) is 10.6 Å². The average Bonchev–Trinajstić information content (AvgIpc) is 2.51. The van der Waals surface area contributed by atoms with Crippen LogP contribution in [0.3, 0.4) is 0 Å². The third-order valence-corrected chi connectivity index (χ3v) is 4.08. The predicted molar refractivity (Wildman–Crippen MR) is 98.9 cm³/mol. The fourth-order valence-electron chi connectivity index (χ4n) is 2.00. The summed E-state index contributed by atoms with van der Waals surface area (Å²) in [4.78, 5) is 8.69. The molecule has 2 aromatic carbocycles. The third-order valence-electron chi connectivity index (χ3n) is 3.18. The molecule has 4 nitrogen and oxygen atoms in total. The van der Waals surface area contributed by atoms with Gasteiger partial charge in [0.15, 0.2) is 0 Å². The Morgan fingerprint density at radius 1 is 1.00 bits per heavy atom. The fraction of sp³-hybridized carbons (Fsp3) is 0.0588. The minimum Gasteiger partial charge on any atom is -0.340 e. The number of aromatic nitrogens is 2. The Balaban J connectivity index is 1.78. The van der Waals surface area contributed by atoms with Gasteiger partial charge in [-0.25, -0.2) is 4.98 Å². The molecule has 23 heavy (non-hydrogen) atoms. The normalized spacial score (nSPS) is 10.4. The number of nitrogens with one attached hydrogen (secondary N) is 2. The lowest BCUT2D eigenvalue weighted by Crippen LogP contribution is -2.00. The van der Waals surface area contributed by atoms with Crippen molar-refractivity contribution >= 4 is 50.7 Å². The number of hydrogen-bond acceptors (Lipinski definition) is 4. The Morgan fingerprint density at radius 3 is 2.61 bits per heavy atom. The van der Waals surface area contributed by atoms with E-state index in [1.54, 1.807) is 12.3 Å². The summed E-state index contributed by atoms with van der Waals surface area (Å²) in [5.41, 5.74) is 2.83. The van der Waals surface area contributed by atoms with Crippen LogP contribution in [-0.4, -0.2) is 9.97 Å². The van der Waals surface area contributed by atoms with Crippen molar-refractivity contribution in [1.82, 2.24) is 9.97 Å². The molecule has 0 fully saturated rings. The SMILES string of the molecule is Cc1ccc(Nc2ccnc(Nc3cccc(Br)c3)n2)cc1Cl. The van der Waals surface area contributed by atoms with Crippen LogP contribution in [0, 0.1) is 6.92 Å². The standard InChI is InChI=1S/C17H14BrClN4/c1-11-5-6-14(10-15(11)19)21-16-7-8-20-17(23-16)22-13-4-2-3-12(18)9-13/h2-10H,1H3,(H2,20,21,22,23). The lowest BCUT2D eigenvalue weighted by molar-refractivity contribution is 1.16. The summed E-state index contributed by atoms with van der Waals surface area (Å²) in [6.45, 7) is 1.97. The Morgan fingerprint density at radius 2 is 1.83 bits per heavy atom. The van der Waals surface area contributed by atoms with E-state index in [0.717, 1.165) is 26.4 Å². The van der Waals surface area contributed by atoms with E-state index in [9.17, 15) is 0 Å². The third kappa shape index (κ3) is 4.21. The molecular weight excluding hydrogens is 376 g/mol. The van der Waals surface area contributed by atoms with Gasteiger partial charge in [0.25, 0.3) is 0 Å². The Bertz CT molecular complexity index is 838. The minimum absolute atomic E-state index is 0.520. The van der Waals surface area contributed by atoms with Gasteiger partial charge in [0, 0.05) is 27.1 Å². The van der Waals surface area contributed by atoms with E-state index in [4.69, 9.17) is 11.6 Å². The van der Waals surface area contributed by atoms with Crippen molar-refractivity contribution < 1.29 is 0 Å². The molecule has 0 aliphatic carbocycles. The van der Waals surface area contributed by atoms with Crippen molar-refractivity contribution in [3.63, 3.8) is 0 Å². The number of anilines is 4. The summed E-state index contributed by atoms with van der Waals surface area (Å²) < 4.78 is 0.992. The number of halogens is 2. The number of rotatable bonds is 4. The van der Waals surface area contributed by atoms with Gasteiger partial charge in [-0.15, -0.1) is 0 Å². The molecule has 0 spiro atoms. The Labute approximate surface area is 148 Å². The van der Waals surface area contributed by atoms with Gasteiger partial charge in [0.1, 0.15) is 5.82 Å². The molecule has 0 atom stereocenters. The van der Waals surface area contributed by atoms with E-state index in [1.165, 1.54) is 0 Å². The highest BCUT2D eigenvalue weighted by Gasteiger charge is 2.03. The van der Waals surface area contributed by atoms with E-state index in [2.05, 4.69) is 36.5 Å². The number of benzene rings is 2. The molecule has 0 unspecified atom stereocenters. The van der Waals surface area contributed by atoms with Gasteiger partial charge in [-0.2, -0.15) is 4.98 Å². The second-order valence-corrected chi connectivity index (χ2v) is 6.31. The molecule has 3 aromatic rings. The maximum Gasteiger partial charge on any atom is 0.229 e. The van der Waals surface area contributed by atoms with Gasteiger partial charge in [-0.3, -0.25) is 0 Å². The van der Waals surface area contributed by atoms with E-state index in [-0.39, 0.29) is 0 Å². The average molecular weight is 390 g/mol. The second kappa shape index (κ2) is 6.98. The molecule has 1 heterocycles. The number of aryl methyl sites for hydroxylation is 1. The molecule has 6 heteroatoms. The molecule has 2 N–H and O–H groups in total. The Hall–Kier alpha value is -2.11. The van der Waals surface area contributed by atoms with Crippen molar-refractivity contribution in [2.24, 2.45) is 0 Å². The summed E-state index contributed by atoms with van der Waals surface area (Å²) in [5, 5.41) is 7.12. The summed E-state index contributed by atoms with van der Waals surface area (Å²) in [7, 11) is 0. The fourth-order valence-corrected chi connectivity index (χ4v) is 2.58. The smallest absolute Gasteiger partial charge is 0.229 e.